The van der Waals surface area contributed by atoms with E-state index in [-0.39, 0.29) is 0 Å². The number of methoxy groups -OCH3 is 2. The maximum absolute atomic E-state index is 10.8. The van der Waals surface area contributed by atoms with Crippen LogP contribution in [0, 0.1) is 0 Å². The molecule has 0 saturated carbocycles. The SMILES string of the molecule is COc1ccc(N(/N=C/C(=O)O)c2ccc(OC)cc2)cc1. The topological polar surface area (TPSA) is 71.4 Å². The molecule has 0 atom stereocenters. The van der Waals surface area contributed by atoms with Gasteiger partial charge in [0.25, 0.3) is 0 Å². The van der Waals surface area contributed by atoms with Gasteiger partial charge in [0, 0.05) is 0 Å². The van der Waals surface area contributed by atoms with Crippen molar-refractivity contribution in [3.8, 4) is 11.5 Å². The lowest BCUT2D eigenvalue weighted by atomic mass is 10.2. The number of nitrogens with zero attached hydrogens (tertiary/aromatic N) is 2. The quantitative estimate of drug-likeness (QED) is 0.656. The van der Waals surface area contributed by atoms with Crippen LogP contribution in [0.3, 0.4) is 0 Å². The van der Waals surface area contributed by atoms with Gasteiger partial charge in [-0.3, -0.25) is 0 Å². The molecular weight excluding hydrogens is 284 g/mol. The molecule has 2 rings (SSSR count). The van der Waals surface area contributed by atoms with Gasteiger partial charge >= 0.3 is 5.97 Å². The van der Waals surface area contributed by atoms with Gasteiger partial charge in [-0.25, -0.2) is 9.80 Å². The molecule has 1 N–H and O–H groups in total. The van der Waals surface area contributed by atoms with E-state index in [1.807, 2.05) is 0 Å². The Morgan fingerprint density at radius 1 is 0.955 bits per heavy atom. The third-order valence-corrected chi connectivity index (χ3v) is 2.92. The van der Waals surface area contributed by atoms with Crippen LogP contribution >= 0.6 is 0 Å². The third kappa shape index (κ3) is 3.76. The molecule has 0 fully saturated rings. The summed E-state index contributed by atoms with van der Waals surface area (Å²) < 4.78 is 10.2. The van der Waals surface area contributed by atoms with Crippen molar-refractivity contribution in [1.82, 2.24) is 0 Å². The number of ether oxygens (including phenoxy) is 2. The third-order valence-electron chi connectivity index (χ3n) is 2.92. The van der Waals surface area contributed by atoms with Gasteiger partial charge in [-0.1, -0.05) is 0 Å². The number of carboxylic acid groups (broad SMARTS) is 1. The molecule has 0 saturated heterocycles. The molecule has 0 spiro atoms. The number of hydrazone groups is 1. The highest BCUT2D eigenvalue weighted by atomic mass is 16.5. The Kier molecular flexibility index (Phi) is 4.98. The molecule has 0 aromatic heterocycles. The molecule has 0 heterocycles. The number of carbonyl (C=O) groups is 1. The van der Waals surface area contributed by atoms with Crippen LogP contribution in [-0.4, -0.2) is 31.5 Å². The average Bonchev–Trinajstić information content (AvgIpc) is 2.56. The first kappa shape index (κ1) is 15.4. The summed E-state index contributed by atoms with van der Waals surface area (Å²) >= 11 is 0. The standard InChI is InChI=1S/C16H16N2O4/c1-21-14-7-3-12(4-8-14)18(17-11-16(19)20)13-5-9-15(22-2)10-6-13/h3-11H,1-2H3,(H,19,20)/b17-11+. The second-order valence-corrected chi connectivity index (χ2v) is 4.29. The molecule has 0 radical (unpaired) electrons. The minimum atomic E-state index is -1.12. The van der Waals surface area contributed by atoms with Crippen molar-refractivity contribution in [2.75, 3.05) is 19.2 Å². The van der Waals surface area contributed by atoms with E-state index >= 15 is 0 Å². The van der Waals surface area contributed by atoms with E-state index in [1.54, 1.807) is 62.8 Å². The Bertz CT molecular complexity index is 603. The van der Waals surface area contributed by atoms with E-state index in [1.165, 1.54) is 5.01 Å². The van der Waals surface area contributed by atoms with Gasteiger partial charge in [-0.2, -0.15) is 5.10 Å². The molecule has 0 bridgehead atoms. The van der Waals surface area contributed by atoms with Crippen molar-refractivity contribution < 1.29 is 19.4 Å². The Morgan fingerprint density at radius 3 is 1.68 bits per heavy atom. The Hall–Kier alpha value is -3.02. The fourth-order valence-corrected chi connectivity index (χ4v) is 1.84. The van der Waals surface area contributed by atoms with E-state index in [4.69, 9.17) is 14.6 Å². The first-order valence-electron chi connectivity index (χ1n) is 6.49. The summed E-state index contributed by atoms with van der Waals surface area (Å²) in [5.74, 6) is 0.299. The van der Waals surface area contributed by atoms with Crippen LogP contribution in [0.1, 0.15) is 0 Å². The van der Waals surface area contributed by atoms with Gasteiger partial charge in [-0.05, 0) is 48.5 Å². The predicted octanol–water partition coefficient (Wildman–Crippen LogP) is 2.91. The summed E-state index contributed by atoms with van der Waals surface area (Å²) in [6, 6.07) is 14.3. The van der Waals surface area contributed by atoms with Crippen molar-refractivity contribution >= 4 is 23.6 Å². The summed E-state index contributed by atoms with van der Waals surface area (Å²) in [6.45, 7) is 0. The number of aliphatic carboxylic acids is 1. The summed E-state index contributed by atoms with van der Waals surface area (Å²) in [5, 5.41) is 14.3. The maximum atomic E-state index is 10.8. The van der Waals surface area contributed by atoms with Crippen LogP contribution in [0.5, 0.6) is 11.5 Å². The zero-order valence-corrected chi connectivity index (χ0v) is 12.3. The number of benzene rings is 2. The lowest BCUT2D eigenvalue weighted by molar-refractivity contribution is -0.128. The molecule has 2 aromatic carbocycles. The van der Waals surface area contributed by atoms with Gasteiger partial charge in [0.1, 0.15) is 17.7 Å². The molecule has 0 aliphatic carbocycles. The highest BCUT2D eigenvalue weighted by Gasteiger charge is 2.09. The molecular formula is C16H16N2O4. The van der Waals surface area contributed by atoms with Crippen LogP contribution in [0.2, 0.25) is 0 Å². The number of rotatable bonds is 6. The van der Waals surface area contributed by atoms with Crippen molar-refractivity contribution in [3.63, 3.8) is 0 Å². The lowest BCUT2D eigenvalue weighted by Gasteiger charge is -2.19. The van der Waals surface area contributed by atoms with Crippen molar-refractivity contribution in [1.29, 1.82) is 0 Å². The smallest absolute Gasteiger partial charge is 0.348 e. The molecule has 22 heavy (non-hydrogen) atoms. The Labute approximate surface area is 128 Å². The first-order chi connectivity index (χ1) is 10.6. The largest absolute Gasteiger partial charge is 0.497 e. The van der Waals surface area contributed by atoms with Crippen LogP contribution in [0.25, 0.3) is 0 Å². The number of hydrogen-bond donors (Lipinski definition) is 1. The van der Waals surface area contributed by atoms with Crippen LogP contribution in [0.15, 0.2) is 53.6 Å². The normalized spacial score (nSPS) is 10.5. The molecule has 0 aliphatic rings. The zero-order chi connectivity index (χ0) is 15.9. The average molecular weight is 300 g/mol. The van der Waals surface area contributed by atoms with Gasteiger partial charge < -0.3 is 14.6 Å². The minimum Gasteiger partial charge on any atom is -0.497 e. The van der Waals surface area contributed by atoms with E-state index < -0.39 is 5.97 Å². The second kappa shape index (κ2) is 7.12. The number of hydrogen-bond acceptors (Lipinski definition) is 5. The summed E-state index contributed by atoms with van der Waals surface area (Å²) in [4.78, 5) is 10.8. The van der Waals surface area contributed by atoms with E-state index in [2.05, 4.69) is 5.10 Å². The molecule has 0 amide bonds. The second-order valence-electron chi connectivity index (χ2n) is 4.29. The molecule has 6 heteroatoms. The predicted molar refractivity (Wildman–Crippen MR) is 84.3 cm³/mol. The van der Waals surface area contributed by atoms with Crippen LogP contribution < -0.4 is 14.5 Å². The lowest BCUT2D eigenvalue weighted by Crippen LogP contribution is -2.11. The molecule has 114 valence electrons. The fourth-order valence-electron chi connectivity index (χ4n) is 1.84. The van der Waals surface area contributed by atoms with E-state index in [9.17, 15) is 4.79 Å². The maximum Gasteiger partial charge on any atom is 0.348 e. The Morgan fingerprint density at radius 2 is 1.36 bits per heavy atom. The van der Waals surface area contributed by atoms with Gasteiger partial charge in [0.15, 0.2) is 0 Å². The first-order valence-corrected chi connectivity index (χ1v) is 6.49. The van der Waals surface area contributed by atoms with Crippen LogP contribution in [0.4, 0.5) is 11.4 Å². The molecule has 6 nitrogen and oxygen atoms in total. The number of anilines is 2. The van der Waals surface area contributed by atoms with Crippen molar-refractivity contribution in [2.24, 2.45) is 5.10 Å². The zero-order valence-electron chi connectivity index (χ0n) is 12.3. The minimum absolute atomic E-state index is 0.709. The highest BCUT2D eigenvalue weighted by Crippen LogP contribution is 2.28. The molecule has 0 aliphatic heterocycles. The van der Waals surface area contributed by atoms with Crippen LogP contribution in [-0.2, 0) is 4.79 Å². The Balaban J connectivity index is 2.37. The van der Waals surface area contributed by atoms with Gasteiger partial charge in [0.2, 0.25) is 0 Å². The molecule has 2 aromatic rings. The highest BCUT2D eigenvalue weighted by molar-refractivity contribution is 6.22. The van der Waals surface area contributed by atoms with E-state index in [0.29, 0.717) is 22.9 Å². The number of carboxylic acids is 1. The summed E-state index contributed by atoms with van der Waals surface area (Å²) in [6.07, 6.45) is 0.842. The monoisotopic (exact) mass is 300 g/mol. The van der Waals surface area contributed by atoms with Gasteiger partial charge in [0.05, 0.1) is 25.6 Å². The molecule has 0 unspecified atom stereocenters. The summed E-state index contributed by atoms with van der Waals surface area (Å²) in [5.41, 5.74) is 1.42. The fraction of sp³-hybridized carbons (Fsp3) is 0.125. The van der Waals surface area contributed by atoms with Crippen molar-refractivity contribution in [2.45, 2.75) is 0 Å². The van der Waals surface area contributed by atoms with Gasteiger partial charge in [-0.15, -0.1) is 0 Å². The summed E-state index contributed by atoms with van der Waals surface area (Å²) in [7, 11) is 3.16. The van der Waals surface area contributed by atoms with Crippen molar-refractivity contribution in [3.05, 3.63) is 48.5 Å². The van der Waals surface area contributed by atoms with E-state index in [0.717, 1.165) is 6.21 Å².